The highest BCUT2D eigenvalue weighted by molar-refractivity contribution is 5.43. The van der Waals surface area contributed by atoms with Crippen molar-refractivity contribution in [3.8, 4) is 5.82 Å². The SMILES string of the molecule is Cn1cncc1CNc1ccc(-n2ccnc2)nc1. The van der Waals surface area contributed by atoms with Gasteiger partial charge in [-0.3, -0.25) is 4.57 Å². The summed E-state index contributed by atoms with van der Waals surface area (Å²) in [7, 11) is 1.98. The van der Waals surface area contributed by atoms with Gasteiger partial charge in [-0.1, -0.05) is 0 Å². The molecule has 6 heteroatoms. The fourth-order valence-corrected chi connectivity index (χ4v) is 1.79. The zero-order chi connectivity index (χ0) is 13.1. The van der Waals surface area contributed by atoms with Gasteiger partial charge in [-0.2, -0.15) is 0 Å². The average molecular weight is 254 g/mol. The van der Waals surface area contributed by atoms with E-state index in [1.807, 2.05) is 46.9 Å². The molecule has 0 bridgehead atoms. The molecule has 3 heterocycles. The molecule has 0 unspecified atom stereocenters. The number of hydrogen-bond donors (Lipinski definition) is 1. The quantitative estimate of drug-likeness (QED) is 0.768. The van der Waals surface area contributed by atoms with Gasteiger partial charge in [0, 0.05) is 25.6 Å². The zero-order valence-electron chi connectivity index (χ0n) is 10.6. The summed E-state index contributed by atoms with van der Waals surface area (Å²) in [4.78, 5) is 12.5. The maximum Gasteiger partial charge on any atom is 0.137 e. The standard InChI is InChI=1S/C13H14N6/c1-18-9-15-7-12(18)8-16-11-2-3-13(17-6-11)19-5-4-14-10-19/h2-7,9-10,16H,8H2,1H3. The number of rotatable bonds is 4. The number of hydrogen-bond acceptors (Lipinski definition) is 4. The maximum absolute atomic E-state index is 4.38. The molecule has 19 heavy (non-hydrogen) atoms. The van der Waals surface area contributed by atoms with Crippen LogP contribution < -0.4 is 5.32 Å². The summed E-state index contributed by atoms with van der Waals surface area (Å²) in [6.07, 6.45) is 10.8. The molecule has 0 radical (unpaired) electrons. The van der Waals surface area contributed by atoms with E-state index in [0.29, 0.717) is 0 Å². The van der Waals surface area contributed by atoms with Crippen molar-refractivity contribution in [2.75, 3.05) is 5.32 Å². The number of anilines is 1. The Hall–Kier alpha value is -2.63. The lowest BCUT2D eigenvalue weighted by molar-refractivity contribution is 0.837. The summed E-state index contributed by atoms with van der Waals surface area (Å²) in [6, 6.07) is 3.95. The monoisotopic (exact) mass is 254 g/mol. The summed E-state index contributed by atoms with van der Waals surface area (Å²) >= 11 is 0. The highest BCUT2D eigenvalue weighted by atomic mass is 15.1. The van der Waals surface area contributed by atoms with E-state index in [-0.39, 0.29) is 0 Å². The molecule has 0 spiro atoms. The van der Waals surface area contributed by atoms with Crippen LogP contribution in [0, 0.1) is 0 Å². The molecule has 0 aromatic carbocycles. The molecule has 6 nitrogen and oxygen atoms in total. The molecule has 3 aromatic rings. The fourth-order valence-electron chi connectivity index (χ4n) is 1.79. The van der Waals surface area contributed by atoms with E-state index >= 15 is 0 Å². The van der Waals surface area contributed by atoms with Gasteiger partial charge >= 0.3 is 0 Å². The van der Waals surface area contributed by atoms with Gasteiger partial charge in [0.1, 0.15) is 12.1 Å². The zero-order valence-corrected chi connectivity index (χ0v) is 10.6. The molecule has 0 saturated carbocycles. The minimum atomic E-state index is 0.725. The number of aryl methyl sites for hydroxylation is 1. The predicted octanol–water partition coefficient (Wildman–Crippen LogP) is 1.61. The lowest BCUT2D eigenvalue weighted by Gasteiger charge is -2.07. The number of nitrogens with zero attached hydrogens (tertiary/aromatic N) is 5. The van der Waals surface area contributed by atoms with Gasteiger partial charge in [-0.15, -0.1) is 0 Å². The Kier molecular flexibility index (Phi) is 2.97. The van der Waals surface area contributed by atoms with Crippen LogP contribution in [0.5, 0.6) is 0 Å². The topological polar surface area (TPSA) is 60.6 Å². The molecule has 0 aliphatic heterocycles. The van der Waals surface area contributed by atoms with E-state index in [9.17, 15) is 0 Å². The van der Waals surface area contributed by atoms with Crippen LogP contribution in [0.1, 0.15) is 5.69 Å². The van der Waals surface area contributed by atoms with Crippen LogP contribution in [0.4, 0.5) is 5.69 Å². The van der Waals surface area contributed by atoms with Crippen molar-refractivity contribution < 1.29 is 0 Å². The molecule has 3 rings (SSSR count). The van der Waals surface area contributed by atoms with E-state index in [4.69, 9.17) is 0 Å². The van der Waals surface area contributed by atoms with Crippen molar-refractivity contribution in [2.24, 2.45) is 7.05 Å². The van der Waals surface area contributed by atoms with Crippen LogP contribution in [0.15, 0.2) is 49.6 Å². The minimum Gasteiger partial charge on any atom is -0.378 e. The molecule has 0 saturated heterocycles. The lowest BCUT2D eigenvalue weighted by Crippen LogP contribution is -2.04. The van der Waals surface area contributed by atoms with E-state index in [2.05, 4.69) is 20.3 Å². The molecule has 3 aromatic heterocycles. The second-order valence-electron chi connectivity index (χ2n) is 4.22. The van der Waals surface area contributed by atoms with Gasteiger partial charge in [0.2, 0.25) is 0 Å². The van der Waals surface area contributed by atoms with Crippen molar-refractivity contribution in [3.63, 3.8) is 0 Å². The molecular formula is C13H14N6. The maximum atomic E-state index is 4.38. The van der Waals surface area contributed by atoms with Gasteiger partial charge in [0.05, 0.1) is 30.5 Å². The van der Waals surface area contributed by atoms with Crippen LogP contribution in [-0.4, -0.2) is 24.1 Å². The predicted molar refractivity (Wildman–Crippen MR) is 71.9 cm³/mol. The number of imidazole rings is 2. The van der Waals surface area contributed by atoms with Crippen molar-refractivity contribution in [1.29, 1.82) is 0 Å². The van der Waals surface area contributed by atoms with Gasteiger partial charge in [0.15, 0.2) is 0 Å². The fraction of sp³-hybridized carbons (Fsp3) is 0.154. The Morgan fingerprint density at radius 2 is 2.11 bits per heavy atom. The van der Waals surface area contributed by atoms with Gasteiger partial charge in [0.25, 0.3) is 0 Å². The molecule has 0 atom stereocenters. The second kappa shape index (κ2) is 4.93. The van der Waals surface area contributed by atoms with Crippen LogP contribution in [-0.2, 0) is 13.6 Å². The highest BCUT2D eigenvalue weighted by Crippen LogP contribution is 2.10. The third-order valence-electron chi connectivity index (χ3n) is 2.91. The Morgan fingerprint density at radius 3 is 2.74 bits per heavy atom. The molecule has 0 aliphatic rings. The Labute approximate surface area is 110 Å². The Bertz CT molecular complexity index is 638. The Balaban J connectivity index is 1.68. The van der Waals surface area contributed by atoms with Crippen LogP contribution >= 0.6 is 0 Å². The number of nitrogens with one attached hydrogen (secondary N) is 1. The van der Waals surface area contributed by atoms with Crippen molar-refractivity contribution >= 4 is 5.69 Å². The van der Waals surface area contributed by atoms with E-state index < -0.39 is 0 Å². The second-order valence-corrected chi connectivity index (χ2v) is 4.22. The summed E-state index contributed by atoms with van der Waals surface area (Å²) in [5, 5.41) is 3.31. The van der Waals surface area contributed by atoms with Crippen molar-refractivity contribution in [2.45, 2.75) is 6.54 Å². The van der Waals surface area contributed by atoms with Crippen LogP contribution in [0.2, 0.25) is 0 Å². The molecule has 0 amide bonds. The average Bonchev–Trinajstić information content (AvgIpc) is 3.09. The summed E-state index contributed by atoms with van der Waals surface area (Å²) in [5.74, 6) is 0.851. The molecule has 0 aliphatic carbocycles. The first-order chi connectivity index (χ1) is 9.33. The normalized spacial score (nSPS) is 10.6. The minimum absolute atomic E-state index is 0.725. The van der Waals surface area contributed by atoms with E-state index in [1.165, 1.54) is 0 Å². The summed E-state index contributed by atoms with van der Waals surface area (Å²) in [5.41, 5.74) is 2.10. The Morgan fingerprint density at radius 1 is 1.16 bits per heavy atom. The largest absolute Gasteiger partial charge is 0.378 e. The van der Waals surface area contributed by atoms with Crippen molar-refractivity contribution in [3.05, 3.63) is 55.3 Å². The first-order valence-corrected chi connectivity index (χ1v) is 5.96. The molecular weight excluding hydrogens is 240 g/mol. The smallest absolute Gasteiger partial charge is 0.137 e. The van der Waals surface area contributed by atoms with Gasteiger partial charge in [-0.05, 0) is 12.1 Å². The van der Waals surface area contributed by atoms with Gasteiger partial charge in [-0.25, -0.2) is 15.0 Å². The van der Waals surface area contributed by atoms with E-state index in [0.717, 1.165) is 23.7 Å². The number of aromatic nitrogens is 5. The lowest BCUT2D eigenvalue weighted by atomic mass is 10.3. The first-order valence-electron chi connectivity index (χ1n) is 5.96. The third kappa shape index (κ3) is 2.47. The van der Waals surface area contributed by atoms with Gasteiger partial charge < -0.3 is 9.88 Å². The third-order valence-corrected chi connectivity index (χ3v) is 2.91. The van der Waals surface area contributed by atoms with Crippen LogP contribution in [0.25, 0.3) is 5.82 Å². The molecule has 96 valence electrons. The van der Waals surface area contributed by atoms with Crippen molar-refractivity contribution in [1.82, 2.24) is 24.1 Å². The molecule has 0 fully saturated rings. The van der Waals surface area contributed by atoms with Crippen LogP contribution in [0.3, 0.4) is 0 Å². The van der Waals surface area contributed by atoms with E-state index in [1.54, 1.807) is 18.9 Å². The number of pyridine rings is 1. The summed E-state index contributed by atoms with van der Waals surface area (Å²) < 4.78 is 3.85. The summed E-state index contributed by atoms with van der Waals surface area (Å²) in [6.45, 7) is 0.725. The highest BCUT2D eigenvalue weighted by Gasteiger charge is 2.00. The first kappa shape index (κ1) is 11.5. The molecule has 1 N–H and O–H groups in total.